The molecule has 1 aromatic rings. The maximum absolute atomic E-state index is 5.59. The smallest absolute Gasteiger partial charge is 0.157 e. The third-order valence-electron chi connectivity index (χ3n) is 4.51. The van der Waals surface area contributed by atoms with Crippen LogP contribution in [0, 0.1) is 11.8 Å². The van der Waals surface area contributed by atoms with Crippen LogP contribution in [0.4, 0.5) is 0 Å². The number of rotatable bonds is 6. The Balaban J connectivity index is 1.71. The van der Waals surface area contributed by atoms with Gasteiger partial charge < -0.3 is 10.1 Å². The van der Waals surface area contributed by atoms with Gasteiger partial charge in [0.2, 0.25) is 0 Å². The molecule has 110 valence electrons. The average molecular weight is 275 g/mol. The molecular formula is C16H25N3O. The van der Waals surface area contributed by atoms with Gasteiger partial charge in [-0.05, 0) is 62.6 Å². The number of ether oxygens (including phenoxy) is 1. The number of aryl methyl sites for hydroxylation is 1. The number of methoxy groups -OCH3 is 1. The minimum atomic E-state index is 0.111. The molecule has 0 amide bonds. The zero-order valence-electron chi connectivity index (χ0n) is 12.6. The summed E-state index contributed by atoms with van der Waals surface area (Å²) in [5, 5.41) is 3.45. The van der Waals surface area contributed by atoms with Gasteiger partial charge in [0, 0.05) is 19.0 Å². The Labute approximate surface area is 121 Å². The summed E-state index contributed by atoms with van der Waals surface area (Å²) in [6.07, 6.45) is 8.10. The zero-order chi connectivity index (χ0) is 13.9. The van der Waals surface area contributed by atoms with Gasteiger partial charge in [0.05, 0.1) is 0 Å². The van der Waals surface area contributed by atoms with Crippen LogP contribution in [0.2, 0.25) is 0 Å². The standard InChI is InChI=1S/C16H25N3O/c1-3-17-9-11-4-7-14-13(8-11)10-18-16(19-14)15(20-2)12-5-6-12/h10-12,15,17H,3-9H2,1-2H3. The molecule has 0 saturated heterocycles. The van der Waals surface area contributed by atoms with Crippen molar-refractivity contribution in [1.82, 2.24) is 15.3 Å². The summed E-state index contributed by atoms with van der Waals surface area (Å²) >= 11 is 0. The minimum absolute atomic E-state index is 0.111. The van der Waals surface area contributed by atoms with Crippen LogP contribution in [0.1, 0.15) is 49.4 Å². The normalized spacial score (nSPS) is 23.4. The van der Waals surface area contributed by atoms with Crippen molar-refractivity contribution in [3.63, 3.8) is 0 Å². The van der Waals surface area contributed by atoms with E-state index in [4.69, 9.17) is 9.72 Å². The SMILES string of the molecule is CCNCC1CCc2nc(C(OC)C3CC3)ncc2C1. The number of nitrogens with one attached hydrogen (secondary N) is 1. The third-order valence-corrected chi connectivity index (χ3v) is 4.51. The molecule has 1 heterocycles. The van der Waals surface area contributed by atoms with Gasteiger partial charge in [0.25, 0.3) is 0 Å². The van der Waals surface area contributed by atoms with Gasteiger partial charge in [-0.15, -0.1) is 0 Å². The molecule has 0 spiro atoms. The molecule has 3 rings (SSSR count). The van der Waals surface area contributed by atoms with Crippen LogP contribution in [0.3, 0.4) is 0 Å². The number of hydrogen-bond acceptors (Lipinski definition) is 4. The second-order valence-electron chi connectivity index (χ2n) is 6.11. The Morgan fingerprint density at radius 1 is 1.40 bits per heavy atom. The summed E-state index contributed by atoms with van der Waals surface area (Å²) in [7, 11) is 1.78. The molecule has 2 aliphatic carbocycles. The Morgan fingerprint density at radius 3 is 2.95 bits per heavy atom. The Bertz CT molecular complexity index is 459. The number of hydrogen-bond donors (Lipinski definition) is 1. The topological polar surface area (TPSA) is 47.0 Å². The quantitative estimate of drug-likeness (QED) is 0.865. The van der Waals surface area contributed by atoms with Crippen molar-refractivity contribution >= 4 is 0 Å². The fourth-order valence-electron chi connectivity index (χ4n) is 3.17. The summed E-state index contributed by atoms with van der Waals surface area (Å²) in [5.41, 5.74) is 2.60. The summed E-state index contributed by atoms with van der Waals surface area (Å²) < 4.78 is 5.59. The maximum atomic E-state index is 5.59. The lowest BCUT2D eigenvalue weighted by Gasteiger charge is -2.25. The Hall–Kier alpha value is -1.00. The van der Waals surface area contributed by atoms with Crippen LogP contribution < -0.4 is 5.32 Å². The predicted octanol–water partition coefficient (Wildman–Crippen LogP) is 2.29. The number of nitrogens with zero attached hydrogens (tertiary/aromatic N) is 2. The molecule has 1 saturated carbocycles. The van der Waals surface area contributed by atoms with E-state index < -0.39 is 0 Å². The first kappa shape index (κ1) is 14.0. The molecule has 1 N–H and O–H groups in total. The van der Waals surface area contributed by atoms with Crippen molar-refractivity contribution in [2.24, 2.45) is 11.8 Å². The van der Waals surface area contributed by atoms with Gasteiger partial charge in [-0.2, -0.15) is 0 Å². The molecule has 4 nitrogen and oxygen atoms in total. The molecular weight excluding hydrogens is 250 g/mol. The van der Waals surface area contributed by atoms with Gasteiger partial charge in [-0.1, -0.05) is 6.92 Å². The molecule has 20 heavy (non-hydrogen) atoms. The summed E-state index contributed by atoms with van der Waals surface area (Å²) in [6, 6.07) is 0. The van der Waals surface area contributed by atoms with Crippen molar-refractivity contribution in [3.05, 3.63) is 23.3 Å². The first-order chi connectivity index (χ1) is 9.81. The lowest BCUT2D eigenvalue weighted by atomic mass is 9.87. The van der Waals surface area contributed by atoms with Crippen molar-refractivity contribution in [2.75, 3.05) is 20.2 Å². The molecule has 1 fully saturated rings. The van der Waals surface area contributed by atoms with Gasteiger partial charge in [0.15, 0.2) is 5.82 Å². The van der Waals surface area contributed by atoms with E-state index in [2.05, 4.69) is 17.2 Å². The van der Waals surface area contributed by atoms with Crippen molar-refractivity contribution < 1.29 is 4.74 Å². The van der Waals surface area contributed by atoms with Crippen molar-refractivity contribution in [3.8, 4) is 0 Å². The van der Waals surface area contributed by atoms with Gasteiger partial charge in [-0.3, -0.25) is 0 Å². The van der Waals surface area contributed by atoms with Crippen molar-refractivity contribution in [2.45, 2.75) is 45.1 Å². The van der Waals surface area contributed by atoms with Crippen molar-refractivity contribution in [1.29, 1.82) is 0 Å². The fraction of sp³-hybridized carbons (Fsp3) is 0.750. The van der Waals surface area contributed by atoms with E-state index in [0.29, 0.717) is 5.92 Å². The van der Waals surface area contributed by atoms with Crippen LogP contribution in [0.15, 0.2) is 6.20 Å². The van der Waals surface area contributed by atoms with E-state index in [1.54, 1.807) is 7.11 Å². The van der Waals surface area contributed by atoms with Crippen LogP contribution in [-0.2, 0) is 17.6 Å². The molecule has 2 unspecified atom stereocenters. The first-order valence-electron chi connectivity index (χ1n) is 7.90. The molecule has 2 atom stereocenters. The number of aromatic nitrogens is 2. The van der Waals surface area contributed by atoms with E-state index >= 15 is 0 Å². The van der Waals surface area contributed by atoms with Crippen LogP contribution in [-0.4, -0.2) is 30.2 Å². The highest BCUT2D eigenvalue weighted by molar-refractivity contribution is 5.22. The lowest BCUT2D eigenvalue weighted by Crippen LogP contribution is -2.28. The maximum Gasteiger partial charge on any atom is 0.157 e. The Kier molecular flexibility index (Phi) is 4.32. The monoisotopic (exact) mass is 275 g/mol. The lowest BCUT2D eigenvalue weighted by molar-refractivity contribution is 0.0768. The van der Waals surface area contributed by atoms with E-state index in [1.165, 1.54) is 30.5 Å². The van der Waals surface area contributed by atoms with E-state index in [9.17, 15) is 0 Å². The third kappa shape index (κ3) is 3.01. The molecule has 0 aliphatic heterocycles. The molecule has 4 heteroatoms. The predicted molar refractivity (Wildman–Crippen MR) is 78.6 cm³/mol. The van der Waals surface area contributed by atoms with Crippen LogP contribution in [0.25, 0.3) is 0 Å². The fourth-order valence-corrected chi connectivity index (χ4v) is 3.17. The summed E-state index contributed by atoms with van der Waals surface area (Å²) in [5.74, 6) is 2.28. The summed E-state index contributed by atoms with van der Waals surface area (Å²) in [4.78, 5) is 9.39. The molecule has 0 radical (unpaired) electrons. The van der Waals surface area contributed by atoms with Gasteiger partial charge in [-0.25, -0.2) is 9.97 Å². The largest absolute Gasteiger partial charge is 0.373 e. The van der Waals surface area contributed by atoms with Gasteiger partial charge >= 0.3 is 0 Å². The highest BCUT2D eigenvalue weighted by atomic mass is 16.5. The molecule has 0 bridgehead atoms. The van der Waals surface area contributed by atoms with E-state index in [1.807, 2.05) is 6.20 Å². The second kappa shape index (κ2) is 6.19. The van der Waals surface area contributed by atoms with Crippen LogP contribution in [0.5, 0.6) is 0 Å². The zero-order valence-corrected chi connectivity index (χ0v) is 12.6. The number of fused-ring (bicyclic) bond motifs is 1. The summed E-state index contributed by atoms with van der Waals surface area (Å²) in [6.45, 7) is 4.32. The molecule has 2 aliphatic rings. The van der Waals surface area contributed by atoms with Crippen LogP contribution >= 0.6 is 0 Å². The Morgan fingerprint density at radius 2 is 2.25 bits per heavy atom. The molecule has 0 aromatic carbocycles. The second-order valence-corrected chi connectivity index (χ2v) is 6.11. The highest BCUT2D eigenvalue weighted by Crippen LogP contribution is 2.42. The van der Waals surface area contributed by atoms with Gasteiger partial charge in [0.1, 0.15) is 6.10 Å². The first-order valence-corrected chi connectivity index (χ1v) is 7.90. The highest BCUT2D eigenvalue weighted by Gasteiger charge is 2.35. The van der Waals surface area contributed by atoms with E-state index in [0.717, 1.165) is 37.7 Å². The molecule has 1 aromatic heterocycles. The minimum Gasteiger partial charge on any atom is -0.373 e. The average Bonchev–Trinajstić information content (AvgIpc) is 3.30. The van der Waals surface area contributed by atoms with E-state index in [-0.39, 0.29) is 6.10 Å².